The number of benzene rings is 1. The highest BCUT2D eigenvalue weighted by Crippen LogP contribution is 2.29. The molecule has 0 spiro atoms. The number of nitro benzene ring substituents is 2. The first-order valence-corrected chi connectivity index (χ1v) is 4.70. The minimum Gasteiger partial charge on any atom is -0.383 e. The molecule has 0 aliphatic rings. The highest BCUT2D eigenvalue weighted by molar-refractivity contribution is 5.70. The molecule has 0 aliphatic heterocycles. The van der Waals surface area contributed by atoms with Gasteiger partial charge < -0.3 is 4.90 Å². The molecule has 0 unspecified atom stereocenters. The van der Waals surface area contributed by atoms with E-state index < -0.39 is 9.85 Å². The van der Waals surface area contributed by atoms with Crippen LogP contribution in [0.1, 0.15) is 5.56 Å². The Labute approximate surface area is 97.3 Å². The normalized spacial score (nSPS) is 10.5. The van der Waals surface area contributed by atoms with Crippen LogP contribution in [0.2, 0.25) is 0 Å². The third kappa shape index (κ3) is 3.00. The number of nitro groups is 2. The third-order valence-electron chi connectivity index (χ3n) is 1.99. The molecule has 0 aliphatic carbocycles. The molecule has 1 aromatic rings. The first kappa shape index (κ1) is 12.6. The van der Waals surface area contributed by atoms with Gasteiger partial charge in [-0.25, -0.2) is 0 Å². The van der Waals surface area contributed by atoms with E-state index in [1.807, 2.05) is 0 Å². The van der Waals surface area contributed by atoms with Crippen LogP contribution in [-0.2, 0) is 0 Å². The van der Waals surface area contributed by atoms with Crippen molar-refractivity contribution in [2.75, 3.05) is 14.1 Å². The van der Waals surface area contributed by atoms with Crippen LogP contribution in [0, 0.1) is 20.2 Å². The SMILES string of the molecule is CN(C)/C=C/c1c([N+](=O)[O-])cccc1[N+](=O)[O-]. The quantitative estimate of drug-likeness (QED) is 0.590. The number of rotatable bonds is 4. The lowest BCUT2D eigenvalue weighted by Gasteiger charge is -2.04. The fraction of sp³-hybridized carbons (Fsp3) is 0.200. The van der Waals surface area contributed by atoms with Gasteiger partial charge in [-0.1, -0.05) is 0 Å². The minimum absolute atomic E-state index is 0.00352. The summed E-state index contributed by atoms with van der Waals surface area (Å²) in [6.45, 7) is 0. The maximum atomic E-state index is 10.8. The molecule has 0 amide bonds. The fourth-order valence-electron chi connectivity index (χ4n) is 1.25. The summed E-state index contributed by atoms with van der Waals surface area (Å²) in [5, 5.41) is 21.6. The Kier molecular flexibility index (Phi) is 3.76. The van der Waals surface area contributed by atoms with E-state index in [9.17, 15) is 20.2 Å². The second-order valence-corrected chi connectivity index (χ2v) is 3.50. The molecule has 7 nitrogen and oxygen atoms in total. The Morgan fingerprint density at radius 3 is 1.94 bits per heavy atom. The van der Waals surface area contributed by atoms with Crippen LogP contribution >= 0.6 is 0 Å². The lowest BCUT2D eigenvalue weighted by molar-refractivity contribution is -0.394. The van der Waals surface area contributed by atoms with Crippen molar-refractivity contribution in [2.45, 2.75) is 0 Å². The average molecular weight is 237 g/mol. The lowest BCUT2D eigenvalue weighted by Crippen LogP contribution is -2.01. The van der Waals surface area contributed by atoms with E-state index in [1.165, 1.54) is 30.5 Å². The van der Waals surface area contributed by atoms with Gasteiger partial charge in [0.05, 0.1) is 9.85 Å². The zero-order valence-corrected chi connectivity index (χ0v) is 9.36. The van der Waals surface area contributed by atoms with E-state index in [4.69, 9.17) is 0 Å². The molecule has 90 valence electrons. The van der Waals surface area contributed by atoms with Crippen LogP contribution in [-0.4, -0.2) is 28.8 Å². The largest absolute Gasteiger partial charge is 0.383 e. The predicted octanol–water partition coefficient (Wildman–Crippen LogP) is 2.04. The molecule has 0 fully saturated rings. The van der Waals surface area contributed by atoms with E-state index in [0.717, 1.165) is 0 Å². The smallest absolute Gasteiger partial charge is 0.283 e. The van der Waals surface area contributed by atoms with Gasteiger partial charge >= 0.3 is 0 Å². The number of nitrogens with zero attached hydrogens (tertiary/aromatic N) is 3. The van der Waals surface area contributed by atoms with E-state index in [2.05, 4.69) is 0 Å². The van der Waals surface area contributed by atoms with Crippen LogP contribution in [0.15, 0.2) is 24.4 Å². The summed E-state index contributed by atoms with van der Waals surface area (Å²) in [6.07, 6.45) is 2.88. The van der Waals surface area contributed by atoms with Gasteiger partial charge in [-0.05, 0) is 18.3 Å². The van der Waals surface area contributed by atoms with Crippen molar-refractivity contribution in [1.82, 2.24) is 4.90 Å². The van der Waals surface area contributed by atoms with Crippen LogP contribution in [0.3, 0.4) is 0 Å². The molecule has 17 heavy (non-hydrogen) atoms. The second kappa shape index (κ2) is 5.06. The van der Waals surface area contributed by atoms with E-state index in [1.54, 1.807) is 19.0 Å². The van der Waals surface area contributed by atoms with Gasteiger partial charge in [0, 0.05) is 26.2 Å². The van der Waals surface area contributed by atoms with Crippen LogP contribution in [0.5, 0.6) is 0 Å². The summed E-state index contributed by atoms with van der Waals surface area (Å²) >= 11 is 0. The van der Waals surface area contributed by atoms with Crippen molar-refractivity contribution >= 4 is 17.5 Å². The van der Waals surface area contributed by atoms with E-state index in [-0.39, 0.29) is 16.9 Å². The first-order chi connectivity index (χ1) is 7.93. The Morgan fingerprint density at radius 1 is 1.12 bits per heavy atom. The Morgan fingerprint density at radius 2 is 1.59 bits per heavy atom. The molecule has 1 aromatic carbocycles. The monoisotopic (exact) mass is 237 g/mol. The summed E-state index contributed by atoms with van der Waals surface area (Å²) in [5.74, 6) is 0. The van der Waals surface area contributed by atoms with Gasteiger partial charge in [-0.3, -0.25) is 20.2 Å². The van der Waals surface area contributed by atoms with Gasteiger partial charge in [0.15, 0.2) is 0 Å². The van der Waals surface area contributed by atoms with Crippen molar-refractivity contribution in [3.05, 3.63) is 50.2 Å². The molecule has 7 heteroatoms. The topological polar surface area (TPSA) is 89.5 Å². The summed E-state index contributed by atoms with van der Waals surface area (Å²) in [5.41, 5.74) is -0.564. The van der Waals surface area contributed by atoms with E-state index in [0.29, 0.717) is 0 Å². The Balaban J connectivity index is 3.38. The number of hydrogen-bond acceptors (Lipinski definition) is 5. The molecule has 0 heterocycles. The fourth-order valence-corrected chi connectivity index (χ4v) is 1.25. The lowest BCUT2D eigenvalue weighted by atomic mass is 10.1. The summed E-state index contributed by atoms with van der Waals surface area (Å²) in [6, 6.07) is 3.77. The van der Waals surface area contributed by atoms with Gasteiger partial charge in [0.25, 0.3) is 11.4 Å². The van der Waals surface area contributed by atoms with Gasteiger partial charge in [-0.2, -0.15) is 0 Å². The highest BCUT2D eigenvalue weighted by Gasteiger charge is 2.22. The van der Waals surface area contributed by atoms with Gasteiger partial charge in [0.1, 0.15) is 5.56 Å². The standard InChI is InChI=1S/C10H11N3O4/c1-11(2)7-6-8-9(12(14)15)4-3-5-10(8)13(16)17/h3-7H,1-2H3/b7-6+. The zero-order valence-electron chi connectivity index (χ0n) is 9.36. The van der Waals surface area contributed by atoms with Gasteiger partial charge in [-0.15, -0.1) is 0 Å². The molecule has 1 rings (SSSR count). The predicted molar refractivity (Wildman–Crippen MR) is 62.5 cm³/mol. The molecule has 0 saturated heterocycles. The number of hydrogen-bond donors (Lipinski definition) is 0. The second-order valence-electron chi connectivity index (χ2n) is 3.50. The van der Waals surface area contributed by atoms with Crippen LogP contribution in [0.4, 0.5) is 11.4 Å². The molecule has 0 radical (unpaired) electrons. The van der Waals surface area contributed by atoms with Gasteiger partial charge in [0.2, 0.25) is 0 Å². The molecule has 0 N–H and O–H groups in total. The van der Waals surface area contributed by atoms with E-state index >= 15 is 0 Å². The molecule has 0 saturated carbocycles. The summed E-state index contributed by atoms with van der Waals surface area (Å²) in [4.78, 5) is 21.9. The van der Waals surface area contributed by atoms with Crippen LogP contribution < -0.4 is 0 Å². The summed E-state index contributed by atoms with van der Waals surface area (Å²) in [7, 11) is 3.44. The van der Waals surface area contributed by atoms with Crippen molar-refractivity contribution in [3.63, 3.8) is 0 Å². The van der Waals surface area contributed by atoms with Crippen molar-refractivity contribution in [2.24, 2.45) is 0 Å². The Bertz CT molecular complexity index is 450. The third-order valence-corrected chi connectivity index (χ3v) is 1.99. The molecule has 0 atom stereocenters. The molecular formula is C10H11N3O4. The minimum atomic E-state index is -0.637. The van der Waals surface area contributed by atoms with Crippen molar-refractivity contribution in [1.29, 1.82) is 0 Å². The maximum absolute atomic E-state index is 10.8. The van der Waals surface area contributed by atoms with Crippen molar-refractivity contribution < 1.29 is 9.85 Å². The van der Waals surface area contributed by atoms with Crippen LogP contribution in [0.25, 0.3) is 6.08 Å². The molecular weight excluding hydrogens is 226 g/mol. The average Bonchev–Trinajstić information content (AvgIpc) is 2.25. The first-order valence-electron chi connectivity index (χ1n) is 4.70. The Hall–Kier alpha value is -2.44. The van der Waals surface area contributed by atoms with Crippen molar-refractivity contribution in [3.8, 4) is 0 Å². The summed E-state index contributed by atoms with van der Waals surface area (Å²) < 4.78 is 0. The molecule has 0 bridgehead atoms. The zero-order chi connectivity index (χ0) is 13.0. The maximum Gasteiger partial charge on any atom is 0.283 e. The highest BCUT2D eigenvalue weighted by atomic mass is 16.6. The molecule has 0 aromatic heterocycles.